The molecule has 0 spiro atoms. The highest BCUT2D eigenvalue weighted by Crippen LogP contribution is 2.32. The molecule has 9 nitrogen and oxygen atoms in total. The molecule has 0 aliphatic rings. The first kappa shape index (κ1) is 30.4. The molecular weight excluding hydrogens is 537 g/mol. The van der Waals surface area contributed by atoms with Crippen LogP contribution in [0.25, 0.3) is 0 Å². The Labute approximate surface area is 234 Å². The molecule has 1 atom stereocenters. The van der Waals surface area contributed by atoms with E-state index in [1.807, 2.05) is 31.2 Å². The molecule has 0 heterocycles. The summed E-state index contributed by atoms with van der Waals surface area (Å²) in [6, 6.07) is 15.4. The van der Waals surface area contributed by atoms with E-state index in [1.165, 1.54) is 49.5 Å². The fraction of sp³-hybridized carbons (Fsp3) is 0.310. The van der Waals surface area contributed by atoms with E-state index in [9.17, 15) is 22.4 Å². The number of carbonyl (C=O) groups is 2. The van der Waals surface area contributed by atoms with Crippen LogP contribution in [0.3, 0.4) is 0 Å². The van der Waals surface area contributed by atoms with Gasteiger partial charge in [-0.3, -0.25) is 13.9 Å². The van der Waals surface area contributed by atoms with Crippen molar-refractivity contribution in [1.82, 2.24) is 10.2 Å². The maximum absolute atomic E-state index is 13.9. The van der Waals surface area contributed by atoms with E-state index < -0.39 is 34.3 Å². The molecular formula is C29H34FN3O6S. The Bertz CT molecular complexity index is 1430. The number of hydrogen-bond donors (Lipinski definition) is 1. The van der Waals surface area contributed by atoms with Crippen molar-refractivity contribution in [1.29, 1.82) is 0 Å². The van der Waals surface area contributed by atoms with Gasteiger partial charge in [-0.1, -0.05) is 29.8 Å². The van der Waals surface area contributed by atoms with Crippen LogP contribution in [0.4, 0.5) is 10.1 Å². The van der Waals surface area contributed by atoms with Crippen LogP contribution in [0.5, 0.6) is 11.5 Å². The number of carbonyl (C=O) groups excluding carboxylic acids is 2. The fourth-order valence-corrected chi connectivity index (χ4v) is 5.47. The van der Waals surface area contributed by atoms with Gasteiger partial charge in [-0.05, 0) is 62.7 Å². The molecule has 3 aromatic carbocycles. The van der Waals surface area contributed by atoms with Crippen molar-refractivity contribution < 1.29 is 31.9 Å². The number of benzene rings is 3. The van der Waals surface area contributed by atoms with Gasteiger partial charge in [0, 0.05) is 19.2 Å². The number of methoxy groups -OCH3 is 2. The molecule has 214 valence electrons. The smallest absolute Gasteiger partial charge is 0.264 e. The fourth-order valence-electron chi connectivity index (χ4n) is 4.04. The topological polar surface area (TPSA) is 105 Å². The summed E-state index contributed by atoms with van der Waals surface area (Å²) >= 11 is 0. The molecule has 0 unspecified atom stereocenters. The minimum atomic E-state index is -4.36. The zero-order valence-corrected chi connectivity index (χ0v) is 24.0. The van der Waals surface area contributed by atoms with E-state index in [-0.39, 0.29) is 28.8 Å². The van der Waals surface area contributed by atoms with Gasteiger partial charge in [-0.2, -0.15) is 0 Å². The van der Waals surface area contributed by atoms with Gasteiger partial charge in [0.15, 0.2) is 11.5 Å². The largest absolute Gasteiger partial charge is 0.493 e. The van der Waals surface area contributed by atoms with Gasteiger partial charge < -0.3 is 19.7 Å². The van der Waals surface area contributed by atoms with Crippen molar-refractivity contribution in [3.63, 3.8) is 0 Å². The number of halogens is 1. The number of sulfonamides is 1. The summed E-state index contributed by atoms with van der Waals surface area (Å²) in [6.07, 6.45) is 0. The Morgan fingerprint density at radius 1 is 0.950 bits per heavy atom. The van der Waals surface area contributed by atoms with E-state index in [0.717, 1.165) is 27.6 Å². The number of anilines is 1. The molecule has 0 aliphatic carbocycles. The second-order valence-corrected chi connectivity index (χ2v) is 10.9. The quantitative estimate of drug-likeness (QED) is 0.354. The molecule has 0 saturated heterocycles. The lowest BCUT2D eigenvalue weighted by atomic mass is 10.1. The van der Waals surface area contributed by atoms with Gasteiger partial charge in [-0.15, -0.1) is 0 Å². The molecule has 1 N–H and O–H groups in total. The lowest BCUT2D eigenvalue weighted by Crippen LogP contribution is -2.51. The summed E-state index contributed by atoms with van der Waals surface area (Å²) in [4.78, 5) is 27.8. The van der Waals surface area contributed by atoms with Gasteiger partial charge in [0.05, 0.1) is 24.8 Å². The minimum absolute atomic E-state index is 0.0745. The maximum Gasteiger partial charge on any atom is 0.264 e. The van der Waals surface area contributed by atoms with Crippen molar-refractivity contribution in [2.75, 3.05) is 31.6 Å². The lowest BCUT2D eigenvalue weighted by molar-refractivity contribution is -0.139. The summed E-state index contributed by atoms with van der Waals surface area (Å²) in [7, 11) is -1.56. The minimum Gasteiger partial charge on any atom is -0.493 e. The molecule has 3 aromatic rings. The summed E-state index contributed by atoms with van der Waals surface area (Å²) in [5.41, 5.74) is 1.87. The highest BCUT2D eigenvalue weighted by atomic mass is 32.2. The molecule has 2 amide bonds. The van der Waals surface area contributed by atoms with Crippen LogP contribution in [0, 0.1) is 12.7 Å². The number of likely N-dealkylation sites (N-methyl/N-ethyl adjacent to an activating group) is 1. The molecule has 0 saturated carbocycles. The molecule has 0 bridgehead atoms. The number of aryl methyl sites for hydroxylation is 1. The van der Waals surface area contributed by atoms with Crippen LogP contribution >= 0.6 is 0 Å². The Morgan fingerprint density at radius 3 is 2.15 bits per heavy atom. The van der Waals surface area contributed by atoms with E-state index in [0.29, 0.717) is 12.3 Å². The van der Waals surface area contributed by atoms with Crippen molar-refractivity contribution in [3.05, 3.63) is 83.7 Å². The van der Waals surface area contributed by atoms with Crippen LogP contribution in [0.2, 0.25) is 0 Å². The number of ether oxygens (including phenoxy) is 2. The second-order valence-electron chi connectivity index (χ2n) is 9.08. The highest BCUT2D eigenvalue weighted by molar-refractivity contribution is 7.92. The molecule has 11 heteroatoms. The average molecular weight is 572 g/mol. The van der Waals surface area contributed by atoms with Gasteiger partial charge in [0.2, 0.25) is 11.8 Å². The average Bonchev–Trinajstić information content (AvgIpc) is 2.95. The molecule has 0 aliphatic heterocycles. The Morgan fingerprint density at radius 2 is 1.57 bits per heavy atom. The van der Waals surface area contributed by atoms with Crippen LogP contribution in [-0.4, -0.2) is 58.5 Å². The van der Waals surface area contributed by atoms with E-state index in [4.69, 9.17) is 9.47 Å². The van der Waals surface area contributed by atoms with Crippen LogP contribution < -0.4 is 19.1 Å². The second kappa shape index (κ2) is 13.3. The number of nitrogens with zero attached hydrogens (tertiary/aromatic N) is 2. The number of hydrogen-bond acceptors (Lipinski definition) is 6. The third-order valence-corrected chi connectivity index (χ3v) is 8.10. The summed E-state index contributed by atoms with van der Waals surface area (Å²) in [6.45, 7) is 5.09. The zero-order valence-electron chi connectivity index (χ0n) is 23.2. The molecule has 40 heavy (non-hydrogen) atoms. The monoisotopic (exact) mass is 571 g/mol. The summed E-state index contributed by atoms with van der Waals surface area (Å²) < 4.78 is 53.0. The SMILES string of the molecule is CCNC(=O)[C@@H](C)N(Cc1ccc(C)cc1)C(=O)CN(c1ccc(F)cc1)S(=O)(=O)c1ccc(OC)c(OC)c1. The van der Waals surface area contributed by atoms with E-state index in [1.54, 1.807) is 13.8 Å². The lowest BCUT2D eigenvalue weighted by Gasteiger charge is -2.32. The Balaban J connectivity index is 2.06. The first-order chi connectivity index (χ1) is 19.0. The highest BCUT2D eigenvalue weighted by Gasteiger charge is 2.33. The van der Waals surface area contributed by atoms with Crippen molar-refractivity contribution in [3.8, 4) is 11.5 Å². The number of amides is 2. The molecule has 0 aromatic heterocycles. The third kappa shape index (κ3) is 7.09. The van der Waals surface area contributed by atoms with Gasteiger partial charge >= 0.3 is 0 Å². The first-order valence-electron chi connectivity index (χ1n) is 12.6. The standard InChI is InChI=1S/C29H34FN3O6S/c1-6-31-29(35)21(3)32(18-22-9-7-20(2)8-10-22)28(34)19-33(24-13-11-23(30)12-14-24)40(36,37)25-15-16-26(38-4)27(17-25)39-5/h7-17,21H,6,18-19H2,1-5H3,(H,31,35)/t21-/m1/s1. The van der Waals surface area contributed by atoms with Gasteiger partial charge in [0.25, 0.3) is 10.0 Å². The van der Waals surface area contributed by atoms with Crippen LogP contribution in [0.15, 0.2) is 71.6 Å². The summed E-state index contributed by atoms with van der Waals surface area (Å²) in [5.74, 6) is -1.05. The first-order valence-corrected chi connectivity index (χ1v) is 14.1. The van der Waals surface area contributed by atoms with Crippen LogP contribution in [-0.2, 0) is 26.2 Å². The summed E-state index contributed by atoms with van der Waals surface area (Å²) in [5, 5.41) is 2.71. The number of nitrogens with one attached hydrogen (secondary N) is 1. The molecule has 0 fully saturated rings. The molecule has 0 radical (unpaired) electrons. The van der Waals surface area contributed by atoms with Crippen molar-refractivity contribution in [2.24, 2.45) is 0 Å². The van der Waals surface area contributed by atoms with Crippen LogP contribution in [0.1, 0.15) is 25.0 Å². The number of rotatable bonds is 12. The molecule has 3 rings (SSSR count). The third-order valence-electron chi connectivity index (χ3n) is 6.33. The predicted molar refractivity (Wildman–Crippen MR) is 150 cm³/mol. The normalized spacial score (nSPS) is 11.8. The van der Waals surface area contributed by atoms with Crippen molar-refractivity contribution in [2.45, 2.75) is 38.3 Å². The van der Waals surface area contributed by atoms with Gasteiger partial charge in [-0.25, -0.2) is 12.8 Å². The van der Waals surface area contributed by atoms with E-state index >= 15 is 0 Å². The Hall–Kier alpha value is -4.12. The van der Waals surface area contributed by atoms with E-state index in [2.05, 4.69) is 5.32 Å². The predicted octanol–water partition coefficient (Wildman–Crippen LogP) is 3.90. The maximum atomic E-state index is 13.9. The Kier molecular flexibility index (Phi) is 10.1. The van der Waals surface area contributed by atoms with Gasteiger partial charge in [0.1, 0.15) is 18.4 Å². The zero-order chi connectivity index (χ0) is 29.4. The van der Waals surface area contributed by atoms with Crippen molar-refractivity contribution >= 4 is 27.5 Å².